The first-order chi connectivity index (χ1) is 12.3. The van der Waals surface area contributed by atoms with E-state index in [-0.39, 0.29) is 12.5 Å². The van der Waals surface area contributed by atoms with Gasteiger partial charge in [-0.3, -0.25) is 19.4 Å². The van der Waals surface area contributed by atoms with E-state index in [1.165, 1.54) is 7.05 Å². The van der Waals surface area contributed by atoms with E-state index in [9.17, 15) is 13.2 Å². The number of hydrogen-bond donors (Lipinski definition) is 1. The first-order valence-electron chi connectivity index (χ1n) is 8.37. The van der Waals surface area contributed by atoms with Gasteiger partial charge in [-0.25, -0.2) is 8.42 Å². The molecule has 10 heteroatoms. The Hall–Kier alpha value is -2.33. The van der Waals surface area contributed by atoms with Crippen molar-refractivity contribution in [2.45, 2.75) is 25.3 Å². The lowest BCUT2D eigenvalue weighted by molar-refractivity contribution is -0.121. The highest BCUT2D eigenvalue weighted by Crippen LogP contribution is 2.41. The molecule has 0 saturated heterocycles. The van der Waals surface area contributed by atoms with E-state index >= 15 is 0 Å². The first kappa shape index (κ1) is 18.5. The molecule has 1 fully saturated rings. The summed E-state index contributed by atoms with van der Waals surface area (Å²) in [6, 6.07) is 2.03. The number of aromatic nitrogens is 4. The maximum atomic E-state index is 11.9. The van der Waals surface area contributed by atoms with Crippen LogP contribution in [-0.2, 0) is 21.4 Å². The molecule has 1 aliphatic carbocycles. The maximum Gasteiger partial charge on any atom is 0.235 e. The zero-order valence-corrected chi connectivity index (χ0v) is 15.6. The molecule has 0 aliphatic heterocycles. The summed E-state index contributed by atoms with van der Waals surface area (Å²) in [5, 5.41) is 7.33. The smallest absolute Gasteiger partial charge is 0.235 e. The molecule has 1 aliphatic rings. The number of nitrogens with one attached hydrogen (secondary N) is 1. The van der Waals surface area contributed by atoms with Gasteiger partial charge >= 0.3 is 0 Å². The summed E-state index contributed by atoms with van der Waals surface area (Å²) < 4.78 is 25.6. The number of carbonyl (C=O) groups excluding carboxylic acids is 1. The molecule has 0 radical (unpaired) electrons. The van der Waals surface area contributed by atoms with E-state index in [0.717, 1.165) is 34.8 Å². The Bertz CT molecular complexity index is 877. The van der Waals surface area contributed by atoms with Crippen molar-refractivity contribution in [1.29, 1.82) is 0 Å². The summed E-state index contributed by atoms with van der Waals surface area (Å²) >= 11 is 0. The Morgan fingerprint density at radius 2 is 2.12 bits per heavy atom. The zero-order valence-electron chi connectivity index (χ0n) is 14.8. The van der Waals surface area contributed by atoms with Crippen LogP contribution < -0.4 is 5.32 Å². The van der Waals surface area contributed by atoms with Crippen LogP contribution in [0.25, 0.3) is 11.4 Å². The molecule has 26 heavy (non-hydrogen) atoms. The van der Waals surface area contributed by atoms with Crippen LogP contribution in [0.1, 0.15) is 24.5 Å². The largest absolute Gasteiger partial charge is 0.353 e. The van der Waals surface area contributed by atoms with Crippen LogP contribution in [0.5, 0.6) is 0 Å². The number of nitrogens with zero attached hydrogens (tertiary/aromatic N) is 5. The van der Waals surface area contributed by atoms with Crippen molar-refractivity contribution in [3.63, 3.8) is 0 Å². The van der Waals surface area contributed by atoms with Crippen LogP contribution in [0, 0.1) is 0 Å². The van der Waals surface area contributed by atoms with Gasteiger partial charge in [0.15, 0.2) is 0 Å². The van der Waals surface area contributed by atoms with Crippen molar-refractivity contribution in [3.05, 3.63) is 30.4 Å². The molecule has 3 rings (SSSR count). The van der Waals surface area contributed by atoms with Gasteiger partial charge < -0.3 is 5.32 Å². The fourth-order valence-electron chi connectivity index (χ4n) is 2.55. The second kappa shape index (κ2) is 7.50. The number of carbonyl (C=O) groups is 1. The lowest BCUT2D eigenvalue weighted by atomic mass is 10.2. The Morgan fingerprint density at radius 3 is 2.73 bits per heavy atom. The monoisotopic (exact) mass is 378 g/mol. The van der Waals surface area contributed by atoms with E-state index in [4.69, 9.17) is 0 Å². The molecule has 9 nitrogen and oxygen atoms in total. The van der Waals surface area contributed by atoms with Gasteiger partial charge in [0, 0.05) is 37.6 Å². The molecular weight excluding hydrogens is 356 g/mol. The third kappa shape index (κ3) is 4.64. The van der Waals surface area contributed by atoms with E-state index in [0.29, 0.717) is 24.7 Å². The topological polar surface area (TPSA) is 110 Å². The van der Waals surface area contributed by atoms with Gasteiger partial charge in [-0.05, 0) is 18.9 Å². The van der Waals surface area contributed by atoms with Crippen molar-refractivity contribution in [1.82, 2.24) is 29.4 Å². The van der Waals surface area contributed by atoms with Gasteiger partial charge in [-0.1, -0.05) is 0 Å². The summed E-state index contributed by atoms with van der Waals surface area (Å²) in [4.78, 5) is 20.2. The molecule has 1 saturated carbocycles. The SMILES string of the molecule is CN(CC(=O)NCCn1nc(-c2cnccn2)cc1C1CC1)S(C)(=O)=O. The van der Waals surface area contributed by atoms with Crippen LogP contribution >= 0.6 is 0 Å². The van der Waals surface area contributed by atoms with Crippen LogP contribution in [0.3, 0.4) is 0 Å². The molecule has 0 spiro atoms. The Labute approximate surface area is 152 Å². The molecular formula is C16H22N6O3S. The van der Waals surface area contributed by atoms with Crippen molar-refractivity contribution in [2.75, 3.05) is 26.4 Å². The predicted octanol–water partition coefficient (Wildman–Crippen LogP) is 0.225. The average molecular weight is 378 g/mol. The lowest BCUT2D eigenvalue weighted by Gasteiger charge is -2.14. The quantitative estimate of drug-likeness (QED) is 0.704. The van der Waals surface area contributed by atoms with Gasteiger partial charge in [0.2, 0.25) is 15.9 Å². The first-order valence-corrected chi connectivity index (χ1v) is 10.2. The van der Waals surface area contributed by atoms with Crippen molar-refractivity contribution < 1.29 is 13.2 Å². The van der Waals surface area contributed by atoms with Crippen LogP contribution in [-0.4, -0.2) is 64.8 Å². The van der Waals surface area contributed by atoms with Gasteiger partial charge in [0.05, 0.1) is 25.5 Å². The Balaban J connectivity index is 1.61. The Morgan fingerprint density at radius 1 is 1.35 bits per heavy atom. The summed E-state index contributed by atoms with van der Waals surface area (Å²) in [5.41, 5.74) is 2.61. The second-order valence-electron chi connectivity index (χ2n) is 6.41. The predicted molar refractivity (Wildman–Crippen MR) is 95.7 cm³/mol. The molecule has 0 aromatic carbocycles. The maximum absolute atomic E-state index is 11.9. The van der Waals surface area contributed by atoms with E-state index in [2.05, 4.69) is 20.4 Å². The van der Waals surface area contributed by atoms with Gasteiger partial charge in [0.1, 0.15) is 11.4 Å². The molecule has 0 unspecified atom stereocenters. The van der Waals surface area contributed by atoms with Crippen LogP contribution in [0.15, 0.2) is 24.7 Å². The van der Waals surface area contributed by atoms with E-state index in [1.54, 1.807) is 18.6 Å². The highest BCUT2D eigenvalue weighted by molar-refractivity contribution is 7.88. The van der Waals surface area contributed by atoms with Crippen LogP contribution in [0.4, 0.5) is 0 Å². The minimum Gasteiger partial charge on any atom is -0.353 e. The lowest BCUT2D eigenvalue weighted by Crippen LogP contribution is -2.39. The molecule has 2 aromatic rings. The second-order valence-corrected chi connectivity index (χ2v) is 8.50. The molecule has 0 atom stereocenters. The van der Waals surface area contributed by atoms with Crippen molar-refractivity contribution in [3.8, 4) is 11.4 Å². The average Bonchev–Trinajstić information content (AvgIpc) is 3.35. The number of hydrogen-bond acceptors (Lipinski definition) is 6. The third-order valence-corrected chi connectivity index (χ3v) is 5.47. The van der Waals surface area contributed by atoms with E-state index < -0.39 is 10.0 Å². The summed E-state index contributed by atoms with van der Waals surface area (Å²) in [7, 11) is -1.99. The van der Waals surface area contributed by atoms with Gasteiger partial charge in [-0.2, -0.15) is 9.40 Å². The summed E-state index contributed by atoms with van der Waals surface area (Å²) in [5.74, 6) is 0.159. The highest BCUT2D eigenvalue weighted by atomic mass is 32.2. The molecule has 1 N–H and O–H groups in total. The number of amides is 1. The molecule has 140 valence electrons. The number of sulfonamides is 1. The van der Waals surface area contributed by atoms with Gasteiger partial charge in [0.25, 0.3) is 0 Å². The molecule has 2 aromatic heterocycles. The third-order valence-electron chi connectivity index (χ3n) is 4.21. The molecule has 0 bridgehead atoms. The number of rotatable bonds is 8. The summed E-state index contributed by atoms with van der Waals surface area (Å²) in [6.07, 6.45) is 8.26. The molecule has 1 amide bonds. The molecule has 2 heterocycles. The van der Waals surface area contributed by atoms with Crippen LogP contribution in [0.2, 0.25) is 0 Å². The van der Waals surface area contributed by atoms with Crippen molar-refractivity contribution in [2.24, 2.45) is 0 Å². The van der Waals surface area contributed by atoms with E-state index in [1.807, 2.05) is 10.7 Å². The fraction of sp³-hybridized carbons (Fsp3) is 0.500. The Kier molecular flexibility index (Phi) is 5.33. The summed E-state index contributed by atoms with van der Waals surface area (Å²) in [6.45, 7) is 0.691. The zero-order chi connectivity index (χ0) is 18.7. The highest BCUT2D eigenvalue weighted by Gasteiger charge is 2.28. The minimum absolute atomic E-state index is 0.196. The fourth-order valence-corrected chi connectivity index (χ4v) is 2.90. The minimum atomic E-state index is -3.37. The standard InChI is InChI=1S/C16H22N6O3S/c1-21(26(2,24)25)11-16(23)19-7-8-22-15(12-3-4-12)9-13(20-22)14-10-17-5-6-18-14/h5-6,9-10,12H,3-4,7-8,11H2,1-2H3,(H,19,23). The van der Waals surface area contributed by atoms with Gasteiger partial charge in [-0.15, -0.1) is 0 Å². The van der Waals surface area contributed by atoms with Crippen molar-refractivity contribution >= 4 is 15.9 Å². The normalized spacial score (nSPS) is 14.6. The number of likely N-dealkylation sites (N-methyl/N-ethyl adjacent to an activating group) is 1.